The fraction of sp³-hybridized carbons (Fsp3) is 0.417. The summed E-state index contributed by atoms with van der Waals surface area (Å²) >= 11 is 0. The fourth-order valence-corrected chi connectivity index (χ4v) is 1.53. The quantitative estimate of drug-likeness (QED) is 0.830. The number of hydrogen-bond acceptors (Lipinski definition) is 5. The van der Waals surface area contributed by atoms with Crippen LogP contribution in [0, 0.1) is 6.92 Å². The molecule has 0 bridgehead atoms. The third-order valence-electron chi connectivity index (χ3n) is 2.50. The third-order valence-corrected chi connectivity index (χ3v) is 2.50. The molecule has 0 radical (unpaired) electrons. The number of hydrogen-bond donors (Lipinski definition) is 2. The summed E-state index contributed by atoms with van der Waals surface area (Å²) in [7, 11) is 0. The zero-order chi connectivity index (χ0) is 12.3. The van der Waals surface area contributed by atoms with E-state index in [1.54, 1.807) is 24.6 Å². The lowest BCUT2D eigenvalue weighted by Gasteiger charge is -2.13. The summed E-state index contributed by atoms with van der Waals surface area (Å²) < 4.78 is 10.5. The number of furan rings is 1. The maximum atomic E-state index is 9.80. The highest BCUT2D eigenvalue weighted by molar-refractivity contribution is 5.02. The highest BCUT2D eigenvalue weighted by Crippen LogP contribution is 2.15. The Hall–Kier alpha value is -1.59. The average molecular weight is 236 g/mol. The van der Waals surface area contributed by atoms with Gasteiger partial charge in [-0.1, -0.05) is 0 Å². The van der Waals surface area contributed by atoms with E-state index in [-0.39, 0.29) is 6.04 Å². The molecule has 0 aliphatic carbocycles. The summed E-state index contributed by atoms with van der Waals surface area (Å²) in [6.07, 6.45) is 2.55. The van der Waals surface area contributed by atoms with Crippen molar-refractivity contribution in [2.45, 2.75) is 26.0 Å². The van der Waals surface area contributed by atoms with E-state index in [0.717, 1.165) is 5.76 Å². The zero-order valence-electron chi connectivity index (χ0n) is 9.88. The molecule has 2 heterocycles. The first-order chi connectivity index (χ1) is 8.16. The van der Waals surface area contributed by atoms with Gasteiger partial charge in [-0.25, -0.2) is 4.98 Å². The summed E-state index contributed by atoms with van der Waals surface area (Å²) in [5.41, 5.74) is 0. The molecule has 0 aliphatic heterocycles. The largest absolute Gasteiger partial charge is 0.467 e. The van der Waals surface area contributed by atoms with Crippen LogP contribution in [0.2, 0.25) is 0 Å². The topological polar surface area (TPSA) is 71.4 Å². The van der Waals surface area contributed by atoms with E-state index in [2.05, 4.69) is 10.3 Å². The van der Waals surface area contributed by atoms with E-state index >= 15 is 0 Å². The molecule has 2 atom stereocenters. The first-order valence-electron chi connectivity index (χ1n) is 5.54. The number of aryl methyl sites for hydroxylation is 1. The minimum atomic E-state index is -0.663. The molecule has 2 N–H and O–H groups in total. The molecule has 0 spiro atoms. The summed E-state index contributed by atoms with van der Waals surface area (Å²) in [6, 6.07) is 3.44. The Bertz CT molecular complexity index is 450. The maximum Gasteiger partial charge on any atom is 0.211 e. The van der Waals surface area contributed by atoms with Crippen molar-refractivity contribution in [2.24, 2.45) is 0 Å². The molecule has 0 saturated heterocycles. The van der Waals surface area contributed by atoms with Crippen molar-refractivity contribution in [2.75, 3.05) is 6.54 Å². The minimum absolute atomic E-state index is 0.0479. The van der Waals surface area contributed by atoms with Crippen LogP contribution in [0.15, 0.2) is 33.4 Å². The van der Waals surface area contributed by atoms with Gasteiger partial charge in [0.05, 0.1) is 18.5 Å². The molecule has 0 saturated carbocycles. The number of rotatable bonds is 5. The molecule has 2 unspecified atom stereocenters. The SMILES string of the molecule is Cc1cnc(C(C)NCC(O)c2ccco2)o1. The van der Waals surface area contributed by atoms with Crippen molar-refractivity contribution in [3.8, 4) is 0 Å². The molecule has 0 fully saturated rings. The molecular weight excluding hydrogens is 220 g/mol. The minimum Gasteiger partial charge on any atom is -0.467 e. The van der Waals surface area contributed by atoms with Gasteiger partial charge in [-0.05, 0) is 26.0 Å². The lowest BCUT2D eigenvalue weighted by atomic mass is 10.2. The number of nitrogens with one attached hydrogen (secondary N) is 1. The molecule has 5 heteroatoms. The van der Waals surface area contributed by atoms with Gasteiger partial charge in [0, 0.05) is 6.54 Å². The summed E-state index contributed by atoms with van der Waals surface area (Å²) in [5.74, 6) is 1.95. The van der Waals surface area contributed by atoms with E-state index in [1.807, 2.05) is 13.8 Å². The van der Waals surface area contributed by atoms with Crippen molar-refractivity contribution in [3.05, 3.63) is 42.0 Å². The van der Waals surface area contributed by atoms with Crippen LogP contribution in [0.1, 0.15) is 36.5 Å². The van der Waals surface area contributed by atoms with Crippen LogP contribution in [0.5, 0.6) is 0 Å². The van der Waals surface area contributed by atoms with Gasteiger partial charge >= 0.3 is 0 Å². The van der Waals surface area contributed by atoms with Gasteiger partial charge < -0.3 is 19.3 Å². The van der Waals surface area contributed by atoms with Gasteiger partial charge in [-0.15, -0.1) is 0 Å². The standard InChI is InChI=1S/C12H16N2O3/c1-8-6-14-12(17-8)9(2)13-7-10(15)11-4-3-5-16-11/h3-6,9-10,13,15H,7H2,1-2H3. The summed E-state index contributed by atoms with van der Waals surface area (Å²) in [5, 5.41) is 12.9. The number of nitrogens with zero attached hydrogens (tertiary/aromatic N) is 1. The van der Waals surface area contributed by atoms with E-state index < -0.39 is 6.10 Å². The summed E-state index contributed by atoms with van der Waals surface area (Å²) in [4.78, 5) is 4.12. The molecule has 0 aliphatic rings. The molecule has 2 aromatic rings. The third kappa shape index (κ3) is 2.95. The second kappa shape index (κ2) is 5.16. The number of aliphatic hydroxyl groups is 1. The van der Waals surface area contributed by atoms with E-state index in [1.165, 1.54) is 0 Å². The molecular formula is C12H16N2O3. The first-order valence-corrected chi connectivity index (χ1v) is 5.54. The van der Waals surface area contributed by atoms with Crippen molar-refractivity contribution >= 4 is 0 Å². The van der Waals surface area contributed by atoms with Gasteiger partial charge in [0.15, 0.2) is 0 Å². The van der Waals surface area contributed by atoms with Crippen molar-refractivity contribution in [1.29, 1.82) is 0 Å². The van der Waals surface area contributed by atoms with Gasteiger partial charge in [0.2, 0.25) is 5.89 Å². The lowest BCUT2D eigenvalue weighted by Crippen LogP contribution is -2.24. The molecule has 5 nitrogen and oxygen atoms in total. The first kappa shape index (κ1) is 11.9. The van der Waals surface area contributed by atoms with Crippen LogP contribution < -0.4 is 5.32 Å². The fourth-order valence-electron chi connectivity index (χ4n) is 1.53. The van der Waals surface area contributed by atoms with Gasteiger partial charge in [-0.3, -0.25) is 0 Å². The average Bonchev–Trinajstić information content (AvgIpc) is 2.95. The van der Waals surface area contributed by atoms with Gasteiger partial charge in [-0.2, -0.15) is 0 Å². The van der Waals surface area contributed by atoms with Crippen LogP contribution in [0.25, 0.3) is 0 Å². The van der Waals surface area contributed by atoms with Crippen molar-refractivity contribution in [1.82, 2.24) is 10.3 Å². The Kier molecular flexibility index (Phi) is 3.61. The predicted octanol–water partition coefficient (Wildman–Crippen LogP) is 1.96. The van der Waals surface area contributed by atoms with Crippen LogP contribution in [0.4, 0.5) is 0 Å². The Morgan fingerprint density at radius 2 is 2.35 bits per heavy atom. The Balaban J connectivity index is 1.86. The highest BCUT2D eigenvalue weighted by atomic mass is 16.4. The van der Waals surface area contributed by atoms with Crippen LogP contribution >= 0.6 is 0 Å². The van der Waals surface area contributed by atoms with Gasteiger partial charge in [0.25, 0.3) is 0 Å². The Morgan fingerprint density at radius 3 is 2.94 bits per heavy atom. The second-order valence-electron chi connectivity index (χ2n) is 3.97. The van der Waals surface area contributed by atoms with Gasteiger partial charge in [0.1, 0.15) is 17.6 Å². The zero-order valence-corrected chi connectivity index (χ0v) is 9.88. The molecule has 0 amide bonds. The normalized spacial score (nSPS) is 14.8. The van der Waals surface area contributed by atoms with Crippen LogP contribution in [-0.2, 0) is 0 Å². The molecule has 0 aromatic carbocycles. The Morgan fingerprint density at radius 1 is 1.53 bits per heavy atom. The highest BCUT2D eigenvalue weighted by Gasteiger charge is 2.15. The molecule has 17 heavy (non-hydrogen) atoms. The smallest absolute Gasteiger partial charge is 0.211 e. The maximum absolute atomic E-state index is 9.80. The number of aliphatic hydroxyl groups excluding tert-OH is 1. The van der Waals surface area contributed by atoms with Crippen molar-refractivity contribution in [3.63, 3.8) is 0 Å². The van der Waals surface area contributed by atoms with Crippen LogP contribution in [-0.4, -0.2) is 16.6 Å². The Labute approximate surface area is 99.5 Å². The van der Waals surface area contributed by atoms with Crippen LogP contribution in [0.3, 0.4) is 0 Å². The molecule has 2 rings (SSSR count). The second-order valence-corrected chi connectivity index (χ2v) is 3.97. The van der Waals surface area contributed by atoms with E-state index in [4.69, 9.17) is 8.83 Å². The van der Waals surface area contributed by atoms with Crippen molar-refractivity contribution < 1.29 is 13.9 Å². The van der Waals surface area contributed by atoms with E-state index in [9.17, 15) is 5.11 Å². The monoisotopic (exact) mass is 236 g/mol. The lowest BCUT2D eigenvalue weighted by molar-refractivity contribution is 0.142. The number of oxazole rings is 1. The molecule has 2 aromatic heterocycles. The molecule has 92 valence electrons. The van der Waals surface area contributed by atoms with E-state index in [0.29, 0.717) is 18.2 Å². The number of aromatic nitrogens is 1. The summed E-state index contributed by atoms with van der Waals surface area (Å²) in [6.45, 7) is 4.16. The predicted molar refractivity (Wildman–Crippen MR) is 61.3 cm³/mol.